The largest absolute Gasteiger partial charge is 0.349 e. The van der Waals surface area contributed by atoms with Gasteiger partial charge in [0.15, 0.2) is 11.9 Å². The van der Waals surface area contributed by atoms with Crippen LogP contribution in [0.15, 0.2) is 30.7 Å². The monoisotopic (exact) mass is 325 g/mol. The van der Waals surface area contributed by atoms with Crippen molar-refractivity contribution in [3.63, 3.8) is 0 Å². The molecule has 0 amide bonds. The lowest BCUT2D eigenvalue weighted by Crippen LogP contribution is -2.24. The van der Waals surface area contributed by atoms with Crippen molar-refractivity contribution in [2.45, 2.75) is 25.8 Å². The SMILES string of the molecule is Cc1ncc(F)cc1C1CCCN1c1ccn2ncc(C=O)c2n1. The van der Waals surface area contributed by atoms with Crippen molar-refractivity contribution in [3.8, 4) is 0 Å². The molecular weight excluding hydrogens is 309 g/mol. The van der Waals surface area contributed by atoms with Crippen molar-refractivity contribution in [2.75, 3.05) is 11.4 Å². The number of aryl methyl sites for hydroxylation is 1. The molecule has 4 heterocycles. The zero-order chi connectivity index (χ0) is 16.7. The fraction of sp³-hybridized carbons (Fsp3) is 0.294. The highest BCUT2D eigenvalue weighted by Gasteiger charge is 2.29. The average Bonchev–Trinajstić information content (AvgIpc) is 3.22. The van der Waals surface area contributed by atoms with Crippen LogP contribution in [0.5, 0.6) is 0 Å². The number of anilines is 1. The Morgan fingerprint density at radius 3 is 3.08 bits per heavy atom. The minimum atomic E-state index is -0.329. The molecule has 24 heavy (non-hydrogen) atoms. The summed E-state index contributed by atoms with van der Waals surface area (Å²) in [5, 5.41) is 4.10. The van der Waals surface area contributed by atoms with Crippen LogP contribution in [0.1, 0.15) is 40.5 Å². The van der Waals surface area contributed by atoms with Gasteiger partial charge in [0.1, 0.15) is 11.6 Å². The van der Waals surface area contributed by atoms with Crippen molar-refractivity contribution in [1.82, 2.24) is 19.6 Å². The van der Waals surface area contributed by atoms with E-state index in [1.165, 1.54) is 12.4 Å². The molecule has 0 aliphatic carbocycles. The van der Waals surface area contributed by atoms with E-state index in [1.807, 2.05) is 13.0 Å². The zero-order valence-electron chi connectivity index (χ0n) is 13.2. The van der Waals surface area contributed by atoms with Crippen molar-refractivity contribution in [1.29, 1.82) is 0 Å². The number of nitrogens with zero attached hydrogens (tertiary/aromatic N) is 5. The predicted molar refractivity (Wildman–Crippen MR) is 86.6 cm³/mol. The number of hydrogen-bond acceptors (Lipinski definition) is 5. The standard InChI is InChI=1S/C17H16FN5O/c1-11-14(7-13(18)9-19-11)15-3-2-5-22(15)16-4-6-23-17(21-16)12(10-24)8-20-23/h4,6-10,15H,2-3,5H2,1H3. The van der Waals surface area contributed by atoms with Crippen molar-refractivity contribution < 1.29 is 9.18 Å². The third-order valence-corrected chi connectivity index (χ3v) is 4.51. The van der Waals surface area contributed by atoms with Crippen LogP contribution >= 0.6 is 0 Å². The van der Waals surface area contributed by atoms with Gasteiger partial charge >= 0.3 is 0 Å². The number of fused-ring (bicyclic) bond motifs is 1. The molecule has 1 atom stereocenters. The second-order valence-electron chi connectivity index (χ2n) is 5.95. The average molecular weight is 325 g/mol. The molecule has 0 N–H and O–H groups in total. The first-order chi connectivity index (χ1) is 11.7. The van der Waals surface area contributed by atoms with Gasteiger partial charge in [-0.1, -0.05) is 0 Å². The van der Waals surface area contributed by atoms with Crippen LogP contribution < -0.4 is 4.90 Å². The molecule has 3 aromatic rings. The number of aldehydes is 1. The first-order valence-corrected chi connectivity index (χ1v) is 7.85. The summed E-state index contributed by atoms with van der Waals surface area (Å²) in [5.41, 5.74) is 2.70. The summed E-state index contributed by atoms with van der Waals surface area (Å²) < 4.78 is 15.2. The van der Waals surface area contributed by atoms with Crippen LogP contribution in [-0.2, 0) is 0 Å². The highest BCUT2D eigenvalue weighted by Crippen LogP contribution is 2.36. The van der Waals surface area contributed by atoms with Crippen LogP contribution in [0.2, 0.25) is 0 Å². The Labute approximate surface area is 138 Å². The van der Waals surface area contributed by atoms with Gasteiger partial charge in [-0.15, -0.1) is 0 Å². The third kappa shape index (κ3) is 2.33. The third-order valence-electron chi connectivity index (χ3n) is 4.51. The Bertz CT molecular complexity index is 922. The molecule has 0 radical (unpaired) electrons. The lowest BCUT2D eigenvalue weighted by molar-refractivity contribution is 0.112. The normalized spacial score (nSPS) is 17.6. The van der Waals surface area contributed by atoms with Gasteiger partial charge in [0.25, 0.3) is 0 Å². The Morgan fingerprint density at radius 1 is 1.38 bits per heavy atom. The minimum absolute atomic E-state index is 0.0331. The summed E-state index contributed by atoms with van der Waals surface area (Å²) >= 11 is 0. The van der Waals surface area contributed by atoms with E-state index in [1.54, 1.807) is 16.8 Å². The van der Waals surface area contributed by atoms with Gasteiger partial charge in [0, 0.05) is 18.4 Å². The van der Waals surface area contributed by atoms with Gasteiger partial charge in [0.05, 0.1) is 24.0 Å². The molecule has 7 heteroatoms. The maximum Gasteiger partial charge on any atom is 0.167 e. The molecule has 1 unspecified atom stereocenters. The van der Waals surface area contributed by atoms with Crippen molar-refractivity contribution in [2.24, 2.45) is 0 Å². The second-order valence-corrected chi connectivity index (χ2v) is 5.95. The smallest absolute Gasteiger partial charge is 0.167 e. The van der Waals surface area contributed by atoms with Gasteiger partial charge in [0.2, 0.25) is 0 Å². The van der Waals surface area contributed by atoms with Gasteiger partial charge in [-0.25, -0.2) is 13.9 Å². The molecule has 0 bridgehead atoms. The fourth-order valence-electron chi connectivity index (χ4n) is 3.34. The molecule has 6 nitrogen and oxygen atoms in total. The van der Waals surface area contributed by atoms with Crippen LogP contribution in [0.25, 0.3) is 5.65 Å². The Kier molecular flexibility index (Phi) is 3.48. The Hall–Kier alpha value is -2.83. The van der Waals surface area contributed by atoms with E-state index in [4.69, 9.17) is 0 Å². The minimum Gasteiger partial charge on any atom is -0.349 e. The topological polar surface area (TPSA) is 63.4 Å². The summed E-state index contributed by atoms with van der Waals surface area (Å²) in [4.78, 5) is 22.0. The van der Waals surface area contributed by atoms with Crippen LogP contribution in [0, 0.1) is 12.7 Å². The quantitative estimate of drug-likeness (QED) is 0.693. The summed E-state index contributed by atoms with van der Waals surface area (Å²) in [6, 6.07) is 3.46. The summed E-state index contributed by atoms with van der Waals surface area (Å²) in [6.45, 7) is 2.72. The zero-order valence-corrected chi connectivity index (χ0v) is 13.2. The summed E-state index contributed by atoms with van der Waals surface area (Å²) in [6.07, 6.45) is 7.19. The molecule has 0 aromatic carbocycles. The summed E-state index contributed by atoms with van der Waals surface area (Å²) in [5.74, 6) is 0.433. The highest BCUT2D eigenvalue weighted by molar-refractivity contribution is 5.84. The Morgan fingerprint density at radius 2 is 2.25 bits per heavy atom. The maximum atomic E-state index is 13.6. The molecule has 4 rings (SSSR count). The molecule has 3 aromatic heterocycles. The number of carbonyl (C=O) groups excluding carboxylic acids is 1. The predicted octanol–water partition coefficient (Wildman–Crippen LogP) is 2.73. The molecule has 0 spiro atoms. The van der Waals surface area contributed by atoms with Gasteiger partial charge in [-0.05, 0) is 37.5 Å². The molecule has 0 saturated carbocycles. The molecular formula is C17H16FN5O. The van der Waals surface area contributed by atoms with Crippen LogP contribution in [0.4, 0.5) is 10.2 Å². The maximum absolute atomic E-state index is 13.6. The number of hydrogen-bond donors (Lipinski definition) is 0. The van der Waals surface area contributed by atoms with E-state index < -0.39 is 0 Å². The van der Waals surface area contributed by atoms with E-state index >= 15 is 0 Å². The van der Waals surface area contributed by atoms with Crippen LogP contribution in [0.3, 0.4) is 0 Å². The molecule has 1 fully saturated rings. The first kappa shape index (κ1) is 14.7. The molecule has 1 saturated heterocycles. The first-order valence-electron chi connectivity index (χ1n) is 7.85. The summed E-state index contributed by atoms with van der Waals surface area (Å²) in [7, 11) is 0. The van der Waals surface area contributed by atoms with Crippen LogP contribution in [-0.4, -0.2) is 32.4 Å². The van der Waals surface area contributed by atoms with E-state index in [9.17, 15) is 9.18 Å². The van der Waals surface area contributed by atoms with Gasteiger partial charge in [-0.2, -0.15) is 5.10 Å². The number of rotatable bonds is 3. The van der Waals surface area contributed by atoms with E-state index in [-0.39, 0.29) is 11.9 Å². The van der Waals surface area contributed by atoms with Crippen molar-refractivity contribution >= 4 is 17.8 Å². The second kappa shape index (κ2) is 5.67. The lowest BCUT2D eigenvalue weighted by atomic mass is 10.0. The van der Waals surface area contributed by atoms with E-state index in [2.05, 4.69) is 20.0 Å². The van der Waals surface area contributed by atoms with Crippen molar-refractivity contribution in [3.05, 3.63) is 53.4 Å². The number of carbonyl (C=O) groups is 1. The van der Waals surface area contributed by atoms with E-state index in [0.717, 1.165) is 42.7 Å². The number of aromatic nitrogens is 4. The molecule has 122 valence electrons. The number of pyridine rings is 1. The van der Waals surface area contributed by atoms with Gasteiger partial charge < -0.3 is 4.90 Å². The molecule has 1 aliphatic heterocycles. The fourth-order valence-corrected chi connectivity index (χ4v) is 3.34. The molecule has 1 aliphatic rings. The lowest BCUT2D eigenvalue weighted by Gasteiger charge is -2.27. The highest BCUT2D eigenvalue weighted by atomic mass is 19.1. The van der Waals surface area contributed by atoms with Gasteiger partial charge in [-0.3, -0.25) is 9.78 Å². The Balaban J connectivity index is 1.77. The number of halogens is 1. The van der Waals surface area contributed by atoms with E-state index in [0.29, 0.717) is 11.2 Å².